The van der Waals surface area contributed by atoms with Crippen LogP contribution in [0, 0.1) is 0 Å². The van der Waals surface area contributed by atoms with Crippen molar-refractivity contribution in [3.05, 3.63) is 58.7 Å². The van der Waals surface area contributed by atoms with E-state index in [1.54, 1.807) is 36.4 Å². The molecule has 0 unspecified atom stereocenters. The van der Waals surface area contributed by atoms with Crippen molar-refractivity contribution < 1.29 is 20.1 Å². The van der Waals surface area contributed by atoms with E-state index in [1.807, 2.05) is 13.8 Å². The van der Waals surface area contributed by atoms with E-state index in [4.69, 9.17) is 5.11 Å². The van der Waals surface area contributed by atoms with E-state index in [9.17, 15) is 15.0 Å². The van der Waals surface area contributed by atoms with Crippen molar-refractivity contribution in [1.82, 2.24) is 0 Å². The second-order valence-corrected chi connectivity index (χ2v) is 5.39. The van der Waals surface area contributed by atoms with E-state index in [-0.39, 0.29) is 23.0 Å². The maximum absolute atomic E-state index is 10.8. The van der Waals surface area contributed by atoms with Crippen LogP contribution in [-0.2, 0) is 0 Å². The predicted molar refractivity (Wildman–Crippen MR) is 86.2 cm³/mol. The van der Waals surface area contributed by atoms with E-state index in [0.29, 0.717) is 11.1 Å². The van der Waals surface area contributed by atoms with Crippen LogP contribution in [0.15, 0.2) is 36.4 Å². The molecule has 0 aliphatic rings. The fraction of sp³-hybridized carbons (Fsp3) is 0.167. The summed E-state index contributed by atoms with van der Waals surface area (Å²) in [5.74, 6) is -0.803. The van der Waals surface area contributed by atoms with Crippen LogP contribution in [0.5, 0.6) is 11.5 Å². The molecule has 0 spiro atoms. The average Bonchev–Trinajstić information content (AvgIpc) is 2.44. The first-order valence-corrected chi connectivity index (χ1v) is 6.96. The molecule has 0 saturated carbocycles. The molecule has 22 heavy (non-hydrogen) atoms. The summed E-state index contributed by atoms with van der Waals surface area (Å²) in [6.07, 6.45) is 3.54. The van der Waals surface area contributed by atoms with Crippen LogP contribution < -0.4 is 0 Å². The lowest BCUT2D eigenvalue weighted by atomic mass is 9.98. The Kier molecular flexibility index (Phi) is 4.51. The van der Waals surface area contributed by atoms with Gasteiger partial charge in [-0.3, -0.25) is 0 Å². The van der Waals surface area contributed by atoms with Crippen LogP contribution in [0.1, 0.15) is 46.8 Å². The molecule has 0 aliphatic heterocycles. The lowest BCUT2D eigenvalue weighted by molar-refractivity contribution is 0.0697. The molecule has 0 radical (unpaired) electrons. The van der Waals surface area contributed by atoms with Crippen LogP contribution in [0.25, 0.3) is 12.2 Å². The van der Waals surface area contributed by atoms with Gasteiger partial charge in [0.05, 0.1) is 5.56 Å². The SMILES string of the molecule is CC(C)c1c(O)cc(/C=C/c2ccc(C(=O)O)cc2)cc1O. The topological polar surface area (TPSA) is 77.8 Å². The number of phenols is 2. The summed E-state index contributed by atoms with van der Waals surface area (Å²) in [7, 11) is 0. The predicted octanol–water partition coefficient (Wildman–Crippen LogP) is 4.09. The summed E-state index contributed by atoms with van der Waals surface area (Å²) in [5, 5.41) is 28.8. The lowest BCUT2D eigenvalue weighted by Crippen LogP contribution is -1.94. The van der Waals surface area contributed by atoms with Gasteiger partial charge in [-0.2, -0.15) is 0 Å². The summed E-state index contributed by atoms with van der Waals surface area (Å²) >= 11 is 0. The minimum atomic E-state index is -0.963. The van der Waals surface area contributed by atoms with Gasteiger partial charge in [0, 0.05) is 5.56 Å². The number of phenolic OH excluding ortho intramolecular Hbond substituents is 2. The highest BCUT2D eigenvalue weighted by Crippen LogP contribution is 2.35. The van der Waals surface area contributed by atoms with Crippen LogP contribution >= 0.6 is 0 Å². The Balaban J connectivity index is 2.25. The zero-order valence-corrected chi connectivity index (χ0v) is 12.4. The molecule has 0 bridgehead atoms. The molecule has 2 rings (SSSR count). The van der Waals surface area contributed by atoms with Crippen molar-refractivity contribution >= 4 is 18.1 Å². The molecule has 4 heteroatoms. The van der Waals surface area contributed by atoms with Gasteiger partial charge < -0.3 is 15.3 Å². The number of carboxylic acid groups (broad SMARTS) is 1. The maximum atomic E-state index is 10.8. The van der Waals surface area contributed by atoms with Crippen molar-refractivity contribution in [2.24, 2.45) is 0 Å². The van der Waals surface area contributed by atoms with Crippen LogP contribution in [0.4, 0.5) is 0 Å². The molecule has 2 aromatic carbocycles. The fourth-order valence-electron chi connectivity index (χ4n) is 2.26. The van der Waals surface area contributed by atoms with Crippen LogP contribution in [0.3, 0.4) is 0 Å². The maximum Gasteiger partial charge on any atom is 0.335 e. The van der Waals surface area contributed by atoms with Crippen molar-refractivity contribution in [3.8, 4) is 11.5 Å². The minimum Gasteiger partial charge on any atom is -0.507 e. The standard InChI is InChI=1S/C18H18O4/c1-11(2)17-15(19)9-13(10-16(17)20)4-3-12-5-7-14(8-6-12)18(21)22/h3-11,19-20H,1-2H3,(H,21,22)/b4-3+. The van der Waals surface area contributed by atoms with Crippen molar-refractivity contribution in [2.45, 2.75) is 19.8 Å². The van der Waals surface area contributed by atoms with E-state index in [0.717, 1.165) is 5.56 Å². The van der Waals surface area contributed by atoms with Gasteiger partial charge >= 0.3 is 5.97 Å². The van der Waals surface area contributed by atoms with E-state index >= 15 is 0 Å². The summed E-state index contributed by atoms with van der Waals surface area (Å²) in [4.78, 5) is 10.8. The number of carbonyl (C=O) groups is 1. The molecule has 3 N–H and O–H groups in total. The van der Waals surface area contributed by atoms with Crippen LogP contribution in [0.2, 0.25) is 0 Å². The zero-order valence-electron chi connectivity index (χ0n) is 12.4. The summed E-state index contributed by atoms with van der Waals surface area (Å²) in [5.41, 5.74) is 2.26. The number of aromatic hydroxyl groups is 2. The number of hydrogen-bond donors (Lipinski definition) is 3. The highest BCUT2D eigenvalue weighted by atomic mass is 16.4. The molecule has 114 valence electrons. The molecule has 0 saturated heterocycles. The second-order valence-electron chi connectivity index (χ2n) is 5.39. The smallest absolute Gasteiger partial charge is 0.335 e. The molecular weight excluding hydrogens is 280 g/mol. The molecule has 0 aromatic heterocycles. The van der Waals surface area contributed by atoms with Crippen molar-refractivity contribution in [1.29, 1.82) is 0 Å². The molecule has 0 amide bonds. The lowest BCUT2D eigenvalue weighted by Gasteiger charge is -2.11. The number of benzene rings is 2. The molecule has 0 heterocycles. The van der Waals surface area contributed by atoms with Gasteiger partial charge in [0.25, 0.3) is 0 Å². The van der Waals surface area contributed by atoms with Crippen molar-refractivity contribution in [3.63, 3.8) is 0 Å². The highest BCUT2D eigenvalue weighted by molar-refractivity contribution is 5.88. The third-order valence-electron chi connectivity index (χ3n) is 3.36. The van der Waals surface area contributed by atoms with Gasteiger partial charge in [-0.15, -0.1) is 0 Å². The molecule has 0 atom stereocenters. The summed E-state index contributed by atoms with van der Waals surface area (Å²) < 4.78 is 0. The molecule has 0 aliphatic carbocycles. The van der Waals surface area contributed by atoms with Gasteiger partial charge in [-0.1, -0.05) is 38.1 Å². The molecular formula is C18H18O4. The Bertz CT molecular complexity index is 689. The average molecular weight is 298 g/mol. The van der Waals surface area contributed by atoms with Gasteiger partial charge in [-0.25, -0.2) is 4.79 Å². The first-order valence-electron chi connectivity index (χ1n) is 6.96. The Hall–Kier alpha value is -2.75. The third kappa shape index (κ3) is 3.47. The van der Waals surface area contributed by atoms with Gasteiger partial charge in [-0.05, 0) is 41.3 Å². The number of rotatable bonds is 4. The molecule has 2 aromatic rings. The first-order chi connectivity index (χ1) is 10.4. The first kappa shape index (κ1) is 15.6. The van der Waals surface area contributed by atoms with E-state index < -0.39 is 5.97 Å². The minimum absolute atomic E-state index is 0.0293. The highest BCUT2D eigenvalue weighted by Gasteiger charge is 2.12. The monoisotopic (exact) mass is 298 g/mol. The largest absolute Gasteiger partial charge is 0.507 e. The van der Waals surface area contributed by atoms with Gasteiger partial charge in [0.1, 0.15) is 11.5 Å². The van der Waals surface area contributed by atoms with Crippen molar-refractivity contribution in [2.75, 3.05) is 0 Å². The quantitative estimate of drug-likeness (QED) is 0.743. The summed E-state index contributed by atoms with van der Waals surface area (Å²) in [6.45, 7) is 3.79. The Morgan fingerprint density at radius 1 is 0.955 bits per heavy atom. The molecule has 4 nitrogen and oxygen atoms in total. The van der Waals surface area contributed by atoms with E-state index in [2.05, 4.69) is 0 Å². The van der Waals surface area contributed by atoms with E-state index in [1.165, 1.54) is 12.1 Å². The number of hydrogen-bond acceptors (Lipinski definition) is 3. The molecule has 0 fully saturated rings. The van der Waals surface area contributed by atoms with Gasteiger partial charge in [0.15, 0.2) is 0 Å². The van der Waals surface area contributed by atoms with Crippen LogP contribution in [-0.4, -0.2) is 21.3 Å². The summed E-state index contributed by atoms with van der Waals surface area (Å²) in [6, 6.07) is 9.64. The number of carboxylic acids is 1. The van der Waals surface area contributed by atoms with Gasteiger partial charge in [0.2, 0.25) is 0 Å². The Morgan fingerprint density at radius 2 is 1.45 bits per heavy atom. The second kappa shape index (κ2) is 6.35. The zero-order chi connectivity index (χ0) is 16.3. The fourth-order valence-corrected chi connectivity index (χ4v) is 2.26. The third-order valence-corrected chi connectivity index (χ3v) is 3.36. The normalized spacial score (nSPS) is 11.2. The Labute approximate surface area is 129 Å². The Morgan fingerprint density at radius 3 is 1.91 bits per heavy atom. The number of aromatic carboxylic acids is 1.